The molecule has 0 unspecified atom stereocenters. The molecular formula is C19H16BrFO5S. The lowest BCUT2D eigenvalue weighted by atomic mass is 9.98. The van der Waals surface area contributed by atoms with Crippen molar-refractivity contribution in [3.63, 3.8) is 0 Å². The second-order valence-corrected chi connectivity index (χ2v) is 9.57. The van der Waals surface area contributed by atoms with Crippen LogP contribution >= 0.6 is 15.9 Å². The molecule has 0 N–H and O–H groups in total. The van der Waals surface area contributed by atoms with Gasteiger partial charge in [0.15, 0.2) is 9.84 Å². The van der Waals surface area contributed by atoms with Gasteiger partial charge in [-0.3, -0.25) is 0 Å². The molecule has 142 valence electrons. The van der Waals surface area contributed by atoms with Crippen molar-refractivity contribution in [3.05, 3.63) is 57.3 Å². The van der Waals surface area contributed by atoms with Gasteiger partial charge in [-0.25, -0.2) is 17.6 Å². The summed E-state index contributed by atoms with van der Waals surface area (Å²) < 4.78 is 49.9. The van der Waals surface area contributed by atoms with Gasteiger partial charge in [0.1, 0.15) is 17.1 Å². The van der Waals surface area contributed by atoms with E-state index in [1.54, 1.807) is 6.07 Å². The first-order valence-corrected chi connectivity index (χ1v) is 10.8. The maximum absolute atomic E-state index is 13.3. The first-order valence-electron chi connectivity index (χ1n) is 8.36. The topological polar surface area (TPSA) is 69.7 Å². The highest BCUT2D eigenvalue weighted by atomic mass is 79.9. The number of halogens is 2. The summed E-state index contributed by atoms with van der Waals surface area (Å²) in [5.74, 6) is -0.355. The Morgan fingerprint density at radius 3 is 2.81 bits per heavy atom. The predicted octanol–water partition coefficient (Wildman–Crippen LogP) is 3.84. The fourth-order valence-corrected chi connectivity index (χ4v) is 6.07. The zero-order valence-corrected chi connectivity index (χ0v) is 16.8. The number of methoxy groups -OCH3 is 1. The lowest BCUT2D eigenvalue weighted by Crippen LogP contribution is -2.17. The Morgan fingerprint density at radius 2 is 2.11 bits per heavy atom. The van der Waals surface area contributed by atoms with Gasteiger partial charge in [-0.05, 0) is 57.6 Å². The molecule has 8 heteroatoms. The summed E-state index contributed by atoms with van der Waals surface area (Å²) in [5, 5.41) is 0. The zero-order chi connectivity index (χ0) is 19.3. The van der Waals surface area contributed by atoms with Crippen LogP contribution in [0.3, 0.4) is 0 Å². The summed E-state index contributed by atoms with van der Waals surface area (Å²) in [5.41, 5.74) is 1.38. The van der Waals surface area contributed by atoms with Gasteiger partial charge in [-0.1, -0.05) is 12.1 Å². The molecule has 4 rings (SSSR count). The third kappa shape index (κ3) is 3.25. The van der Waals surface area contributed by atoms with E-state index in [4.69, 9.17) is 9.47 Å². The molecule has 1 heterocycles. The van der Waals surface area contributed by atoms with Crippen LogP contribution in [0, 0.1) is 11.7 Å². The monoisotopic (exact) mass is 454 g/mol. The average molecular weight is 455 g/mol. The third-order valence-electron chi connectivity index (χ3n) is 5.00. The number of sulfone groups is 1. The summed E-state index contributed by atoms with van der Waals surface area (Å²) in [6.07, 6.45) is 1.01. The second kappa shape index (κ2) is 6.60. The van der Waals surface area contributed by atoms with Crippen LogP contribution in [-0.4, -0.2) is 28.1 Å². The first kappa shape index (κ1) is 18.4. The molecule has 1 aliphatic carbocycles. The quantitative estimate of drug-likeness (QED) is 0.518. The van der Waals surface area contributed by atoms with Crippen molar-refractivity contribution in [1.29, 1.82) is 0 Å². The molecule has 2 atom stereocenters. The maximum Gasteiger partial charge on any atom is 0.341 e. The minimum absolute atomic E-state index is 0.0411. The van der Waals surface area contributed by atoms with E-state index in [0.29, 0.717) is 29.8 Å². The maximum atomic E-state index is 13.3. The number of benzene rings is 2. The van der Waals surface area contributed by atoms with Crippen molar-refractivity contribution >= 4 is 31.7 Å². The zero-order valence-electron chi connectivity index (χ0n) is 14.4. The summed E-state index contributed by atoms with van der Waals surface area (Å²) in [6.45, 7) is 0.515. The third-order valence-corrected chi connectivity index (χ3v) is 7.64. The van der Waals surface area contributed by atoms with Crippen LogP contribution < -0.4 is 4.74 Å². The highest BCUT2D eigenvalue weighted by Gasteiger charge is 2.45. The van der Waals surface area contributed by atoms with Crippen LogP contribution in [0.5, 0.6) is 5.75 Å². The highest BCUT2D eigenvalue weighted by Crippen LogP contribution is 2.55. The van der Waals surface area contributed by atoms with Crippen LogP contribution in [0.25, 0.3) is 0 Å². The Hall–Kier alpha value is -1.93. The number of fused-ring (bicyclic) bond motifs is 3. The molecule has 2 aromatic carbocycles. The van der Waals surface area contributed by atoms with Gasteiger partial charge in [0, 0.05) is 10.4 Å². The molecule has 0 saturated heterocycles. The second-order valence-electron chi connectivity index (χ2n) is 6.76. The number of ether oxygens (including phenoxy) is 2. The number of esters is 1. The minimum atomic E-state index is -3.83. The average Bonchev–Trinajstić information content (AvgIpc) is 3.40. The largest absolute Gasteiger partial charge is 0.492 e. The molecule has 2 aromatic rings. The Kier molecular flexibility index (Phi) is 4.50. The summed E-state index contributed by atoms with van der Waals surface area (Å²) in [7, 11) is -2.58. The van der Waals surface area contributed by atoms with E-state index in [1.807, 2.05) is 6.07 Å². The molecule has 2 aliphatic rings. The Bertz CT molecular complexity index is 1050. The van der Waals surface area contributed by atoms with Crippen LogP contribution in [0.2, 0.25) is 0 Å². The molecule has 0 radical (unpaired) electrons. The number of carbonyl (C=O) groups excluding carboxylic acids is 1. The molecule has 0 aromatic heterocycles. The van der Waals surface area contributed by atoms with Crippen LogP contribution in [0.4, 0.5) is 4.39 Å². The Morgan fingerprint density at radius 1 is 1.33 bits per heavy atom. The first-order chi connectivity index (χ1) is 12.8. The van der Waals surface area contributed by atoms with Crippen molar-refractivity contribution in [2.75, 3.05) is 13.7 Å². The molecule has 1 saturated carbocycles. The molecule has 5 nitrogen and oxygen atoms in total. The number of rotatable bonds is 4. The Labute approximate surface area is 164 Å². The van der Waals surface area contributed by atoms with Crippen molar-refractivity contribution < 1.29 is 27.1 Å². The minimum Gasteiger partial charge on any atom is -0.492 e. The van der Waals surface area contributed by atoms with Crippen LogP contribution in [0.15, 0.2) is 39.7 Å². The molecular weight excluding hydrogens is 439 g/mol. The van der Waals surface area contributed by atoms with E-state index in [0.717, 1.165) is 24.1 Å². The Balaban J connectivity index is 1.78. The number of hydrogen-bond acceptors (Lipinski definition) is 5. The lowest BCUT2D eigenvalue weighted by Gasteiger charge is -2.21. The van der Waals surface area contributed by atoms with Crippen molar-refractivity contribution in [2.24, 2.45) is 5.92 Å². The van der Waals surface area contributed by atoms with E-state index in [9.17, 15) is 17.6 Å². The highest BCUT2D eigenvalue weighted by molar-refractivity contribution is 9.10. The van der Waals surface area contributed by atoms with Gasteiger partial charge in [0.05, 0.1) is 24.4 Å². The summed E-state index contributed by atoms with van der Waals surface area (Å²) >= 11 is 3.10. The van der Waals surface area contributed by atoms with E-state index in [-0.39, 0.29) is 14.9 Å². The SMILES string of the molecule is COC(=O)c1c(CS(=O)(=O)c2ccc(F)cc2Br)ccc2c1OC[C@@H]1C[C@H]21. The molecule has 27 heavy (non-hydrogen) atoms. The van der Waals surface area contributed by atoms with Gasteiger partial charge in [0.2, 0.25) is 0 Å². The smallest absolute Gasteiger partial charge is 0.341 e. The standard InChI is InChI=1S/C19H16BrFO5S/c1-25-19(22)17-10(2-4-13-14-6-11(14)8-26-18(13)17)9-27(23,24)16-5-3-12(21)7-15(16)20/h2-5,7,11,14H,6,8-9H2,1H3/t11-,14-/m0/s1. The number of carbonyl (C=O) groups is 1. The summed E-state index contributed by atoms with van der Waals surface area (Å²) in [6, 6.07) is 6.86. The van der Waals surface area contributed by atoms with Gasteiger partial charge in [-0.2, -0.15) is 0 Å². The fourth-order valence-electron chi connectivity index (χ4n) is 3.55. The molecule has 0 amide bonds. The normalized spacial score (nSPS) is 20.3. The van der Waals surface area contributed by atoms with Crippen molar-refractivity contribution in [1.82, 2.24) is 0 Å². The molecule has 0 bridgehead atoms. The van der Waals surface area contributed by atoms with E-state index in [1.165, 1.54) is 13.2 Å². The van der Waals surface area contributed by atoms with Crippen LogP contribution in [0.1, 0.15) is 33.8 Å². The van der Waals surface area contributed by atoms with Gasteiger partial charge >= 0.3 is 5.97 Å². The van der Waals surface area contributed by atoms with Gasteiger partial charge < -0.3 is 9.47 Å². The number of hydrogen-bond donors (Lipinski definition) is 0. The molecule has 0 spiro atoms. The van der Waals surface area contributed by atoms with E-state index in [2.05, 4.69) is 15.9 Å². The molecule has 1 aliphatic heterocycles. The van der Waals surface area contributed by atoms with E-state index >= 15 is 0 Å². The molecule has 1 fully saturated rings. The van der Waals surface area contributed by atoms with E-state index < -0.39 is 27.4 Å². The summed E-state index contributed by atoms with van der Waals surface area (Å²) in [4.78, 5) is 12.4. The van der Waals surface area contributed by atoms with Crippen molar-refractivity contribution in [3.8, 4) is 5.75 Å². The lowest BCUT2D eigenvalue weighted by molar-refractivity contribution is 0.0594. The van der Waals surface area contributed by atoms with Crippen LogP contribution in [-0.2, 0) is 20.3 Å². The van der Waals surface area contributed by atoms with Gasteiger partial charge in [-0.15, -0.1) is 0 Å². The van der Waals surface area contributed by atoms with Gasteiger partial charge in [0.25, 0.3) is 0 Å². The predicted molar refractivity (Wildman–Crippen MR) is 99.1 cm³/mol. The van der Waals surface area contributed by atoms with Crippen molar-refractivity contribution in [2.45, 2.75) is 23.0 Å². The fraction of sp³-hybridized carbons (Fsp3) is 0.316.